The Hall–Kier alpha value is -0.860. The first-order valence-corrected chi connectivity index (χ1v) is 6.29. The van der Waals surface area contributed by atoms with E-state index in [4.69, 9.17) is 11.6 Å². The van der Waals surface area contributed by atoms with E-state index in [1.165, 1.54) is 0 Å². The highest BCUT2D eigenvalue weighted by Gasteiger charge is 2.19. The first-order valence-electron chi connectivity index (χ1n) is 5.92. The maximum atomic E-state index is 12.2. The summed E-state index contributed by atoms with van der Waals surface area (Å²) in [5.41, 5.74) is 0.720. The minimum atomic E-state index is -0.0985. The van der Waals surface area contributed by atoms with Crippen LogP contribution in [0.1, 0.15) is 31.1 Å². The van der Waals surface area contributed by atoms with Gasteiger partial charge in [0.2, 0.25) is 0 Å². The number of hydrogen-bond acceptors (Lipinski definition) is 2. The fourth-order valence-electron chi connectivity index (χ4n) is 1.79. The van der Waals surface area contributed by atoms with Gasteiger partial charge in [-0.2, -0.15) is 0 Å². The van der Waals surface area contributed by atoms with Crippen LogP contribution in [0.2, 0.25) is 5.02 Å². The van der Waals surface area contributed by atoms with Crippen LogP contribution in [0.5, 0.6) is 0 Å². The fourth-order valence-corrected chi connectivity index (χ4v) is 1.92. The van der Waals surface area contributed by atoms with Gasteiger partial charge in [0.15, 0.2) is 5.78 Å². The predicted octanol–water partition coefficient (Wildman–Crippen LogP) is 3.50. The van der Waals surface area contributed by atoms with Gasteiger partial charge in [-0.1, -0.05) is 25.4 Å². The van der Waals surface area contributed by atoms with E-state index in [9.17, 15) is 4.79 Å². The zero-order valence-corrected chi connectivity index (χ0v) is 11.7. The number of nitrogens with zero attached hydrogens (tertiary/aromatic N) is 1. The van der Waals surface area contributed by atoms with Gasteiger partial charge in [-0.05, 0) is 44.2 Å². The van der Waals surface area contributed by atoms with Crippen LogP contribution in [-0.4, -0.2) is 30.3 Å². The molecule has 0 radical (unpaired) electrons. The molecule has 17 heavy (non-hydrogen) atoms. The third kappa shape index (κ3) is 4.14. The number of carbonyl (C=O) groups excluding carboxylic acids is 1. The molecule has 0 aliphatic heterocycles. The van der Waals surface area contributed by atoms with Crippen molar-refractivity contribution in [2.45, 2.75) is 26.8 Å². The monoisotopic (exact) mass is 253 g/mol. The number of benzene rings is 1. The quantitative estimate of drug-likeness (QED) is 0.749. The molecule has 0 aliphatic carbocycles. The maximum Gasteiger partial charge on any atom is 0.179 e. The Morgan fingerprint density at radius 3 is 2.24 bits per heavy atom. The van der Waals surface area contributed by atoms with Crippen LogP contribution in [0.3, 0.4) is 0 Å². The van der Waals surface area contributed by atoms with Gasteiger partial charge < -0.3 is 0 Å². The normalized spacial score (nSPS) is 13.1. The number of likely N-dealkylation sites (N-methyl/N-ethyl adjacent to an activating group) is 1. The molecule has 0 aromatic heterocycles. The minimum absolute atomic E-state index is 0.0985. The van der Waals surface area contributed by atoms with Crippen molar-refractivity contribution in [1.82, 2.24) is 4.90 Å². The molecule has 1 aromatic rings. The van der Waals surface area contributed by atoms with Crippen molar-refractivity contribution < 1.29 is 4.79 Å². The lowest BCUT2D eigenvalue weighted by Crippen LogP contribution is -2.38. The van der Waals surface area contributed by atoms with Gasteiger partial charge in [0.1, 0.15) is 0 Å². The van der Waals surface area contributed by atoms with Crippen LogP contribution in [0, 0.1) is 5.92 Å². The Labute approximate surface area is 109 Å². The molecule has 0 saturated heterocycles. The van der Waals surface area contributed by atoms with Crippen molar-refractivity contribution >= 4 is 17.4 Å². The molecule has 1 aromatic carbocycles. The Kier molecular flexibility index (Phi) is 5.16. The van der Waals surface area contributed by atoms with Crippen LogP contribution < -0.4 is 0 Å². The van der Waals surface area contributed by atoms with Gasteiger partial charge in [-0.3, -0.25) is 9.69 Å². The van der Waals surface area contributed by atoms with Crippen LogP contribution in [0.25, 0.3) is 0 Å². The molecule has 0 saturated carbocycles. The number of ketones is 1. The molecule has 0 amide bonds. The van der Waals surface area contributed by atoms with Crippen molar-refractivity contribution in [3.05, 3.63) is 34.9 Å². The molecule has 0 N–H and O–H groups in total. The van der Waals surface area contributed by atoms with Crippen molar-refractivity contribution in [2.75, 3.05) is 13.6 Å². The van der Waals surface area contributed by atoms with E-state index in [-0.39, 0.29) is 11.8 Å². The van der Waals surface area contributed by atoms with Crippen molar-refractivity contribution in [3.63, 3.8) is 0 Å². The smallest absolute Gasteiger partial charge is 0.179 e. The van der Waals surface area contributed by atoms with E-state index in [1.54, 1.807) is 24.3 Å². The lowest BCUT2D eigenvalue weighted by atomic mass is 10.0. The largest absolute Gasteiger partial charge is 0.296 e. The SMILES string of the molecule is CC(C)CN(C)C(C)C(=O)c1ccc(Cl)cc1. The summed E-state index contributed by atoms with van der Waals surface area (Å²) in [4.78, 5) is 14.3. The van der Waals surface area contributed by atoms with E-state index in [0.29, 0.717) is 10.9 Å². The highest BCUT2D eigenvalue weighted by molar-refractivity contribution is 6.30. The molecule has 0 spiro atoms. The summed E-state index contributed by atoms with van der Waals surface area (Å²) in [5, 5.41) is 0.657. The van der Waals surface area contributed by atoms with Gasteiger partial charge in [-0.15, -0.1) is 0 Å². The van der Waals surface area contributed by atoms with Gasteiger partial charge in [0, 0.05) is 17.1 Å². The van der Waals surface area contributed by atoms with Gasteiger partial charge >= 0.3 is 0 Å². The van der Waals surface area contributed by atoms with Crippen LogP contribution in [0.15, 0.2) is 24.3 Å². The topological polar surface area (TPSA) is 20.3 Å². The van der Waals surface area contributed by atoms with Crippen molar-refractivity contribution in [2.24, 2.45) is 5.92 Å². The van der Waals surface area contributed by atoms with Crippen LogP contribution >= 0.6 is 11.6 Å². The zero-order valence-electron chi connectivity index (χ0n) is 10.9. The molecule has 1 atom stereocenters. The Bertz CT molecular complexity index is 372. The second-order valence-corrected chi connectivity index (χ2v) is 5.32. The van der Waals surface area contributed by atoms with E-state index in [1.807, 2.05) is 14.0 Å². The minimum Gasteiger partial charge on any atom is -0.296 e. The molecule has 94 valence electrons. The van der Waals surface area contributed by atoms with Gasteiger partial charge in [0.05, 0.1) is 6.04 Å². The molecular weight excluding hydrogens is 234 g/mol. The second-order valence-electron chi connectivity index (χ2n) is 4.88. The molecular formula is C14H20ClNO. The van der Waals surface area contributed by atoms with Crippen molar-refractivity contribution in [3.8, 4) is 0 Å². The van der Waals surface area contributed by atoms with Crippen molar-refractivity contribution in [1.29, 1.82) is 0 Å². The average Bonchev–Trinajstić information content (AvgIpc) is 2.27. The molecule has 0 bridgehead atoms. The standard InChI is InChI=1S/C14H20ClNO/c1-10(2)9-16(4)11(3)14(17)12-5-7-13(15)8-6-12/h5-8,10-11H,9H2,1-4H3. The number of rotatable bonds is 5. The highest BCUT2D eigenvalue weighted by atomic mass is 35.5. The van der Waals surface area contributed by atoms with E-state index in [2.05, 4.69) is 18.7 Å². The van der Waals surface area contributed by atoms with E-state index < -0.39 is 0 Å². The summed E-state index contributed by atoms with van der Waals surface area (Å²) in [6.45, 7) is 7.16. The van der Waals surface area contributed by atoms with Crippen LogP contribution in [0.4, 0.5) is 0 Å². The molecule has 0 heterocycles. The van der Waals surface area contributed by atoms with Crippen LogP contribution in [-0.2, 0) is 0 Å². The Balaban J connectivity index is 2.72. The van der Waals surface area contributed by atoms with Gasteiger partial charge in [-0.25, -0.2) is 0 Å². The lowest BCUT2D eigenvalue weighted by Gasteiger charge is -2.25. The molecule has 0 fully saturated rings. The summed E-state index contributed by atoms with van der Waals surface area (Å²) in [7, 11) is 1.98. The fraction of sp³-hybridized carbons (Fsp3) is 0.500. The lowest BCUT2D eigenvalue weighted by molar-refractivity contribution is 0.0858. The Morgan fingerprint density at radius 2 is 1.76 bits per heavy atom. The van der Waals surface area contributed by atoms with E-state index >= 15 is 0 Å². The summed E-state index contributed by atoms with van der Waals surface area (Å²) in [6, 6.07) is 6.97. The summed E-state index contributed by atoms with van der Waals surface area (Å²) in [6.07, 6.45) is 0. The molecule has 1 rings (SSSR count). The molecule has 2 nitrogen and oxygen atoms in total. The summed E-state index contributed by atoms with van der Waals surface area (Å²) >= 11 is 5.81. The number of hydrogen-bond donors (Lipinski definition) is 0. The highest BCUT2D eigenvalue weighted by Crippen LogP contribution is 2.13. The summed E-state index contributed by atoms with van der Waals surface area (Å²) < 4.78 is 0. The molecule has 1 unspecified atom stereocenters. The first kappa shape index (κ1) is 14.2. The second kappa shape index (κ2) is 6.18. The zero-order chi connectivity index (χ0) is 13.0. The number of Topliss-reactive ketones (excluding diaryl/α,β-unsaturated/α-hetero) is 1. The predicted molar refractivity (Wildman–Crippen MR) is 72.7 cm³/mol. The summed E-state index contributed by atoms with van der Waals surface area (Å²) in [5.74, 6) is 0.699. The first-order chi connectivity index (χ1) is 7.91. The third-order valence-electron chi connectivity index (χ3n) is 2.82. The number of carbonyl (C=O) groups is 1. The van der Waals surface area contributed by atoms with E-state index in [0.717, 1.165) is 12.1 Å². The Morgan fingerprint density at radius 1 is 1.24 bits per heavy atom. The van der Waals surface area contributed by atoms with Gasteiger partial charge in [0.25, 0.3) is 0 Å². The third-order valence-corrected chi connectivity index (χ3v) is 3.07. The molecule has 3 heteroatoms. The number of halogens is 1. The molecule has 0 aliphatic rings. The average molecular weight is 254 g/mol. The maximum absolute atomic E-state index is 12.2.